The summed E-state index contributed by atoms with van der Waals surface area (Å²) in [4.78, 5) is 13.8. The minimum atomic E-state index is -0.490. The first-order valence-corrected chi connectivity index (χ1v) is 12.0. The van der Waals surface area contributed by atoms with Gasteiger partial charge in [0.15, 0.2) is 11.3 Å². The third-order valence-corrected chi connectivity index (χ3v) is 7.37. The van der Waals surface area contributed by atoms with Crippen LogP contribution in [0.25, 0.3) is 11.2 Å². The molecule has 2 atom stereocenters. The van der Waals surface area contributed by atoms with Gasteiger partial charge in [-0.1, -0.05) is 17.7 Å². The van der Waals surface area contributed by atoms with E-state index >= 15 is 0 Å². The molecule has 8 nitrogen and oxygen atoms in total. The third-order valence-electron chi connectivity index (χ3n) is 7.13. The molecule has 0 amide bonds. The Balaban J connectivity index is 1.38. The average Bonchev–Trinajstić information content (AvgIpc) is 3.16. The molecule has 1 unspecified atom stereocenters. The number of β-amino-alcohol motifs (C(OH)–C–C–N with tert-alkyl or cyclic N) is 1. The van der Waals surface area contributed by atoms with E-state index in [1.807, 2.05) is 6.92 Å². The van der Waals surface area contributed by atoms with Crippen molar-refractivity contribution in [2.75, 3.05) is 44.2 Å². The summed E-state index contributed by atoms with van der Waals surface area (Å²) >= 11 is 5.91. The molecule has 2 saturated heterocycles. The Bertz CT molecular complexity index is 1230. The highest BCUT2D eigenvalue weighted by Crippen LogP contribution is 2.34. The van der Waals surface area contributed by atoms with Gasteiger partial charge in [0.25, 0.3) is 0 Å². The number of aliphatic hydroxyl groups is 1. The molecule has 2 aliphatic rings. The van der Waals surface area contributed by atoms with E-state index in [4.69, 9.17) is 16.6 Å². The van der Waals surface area contributed by atoms with E-state index < -0.39 is 11.9 Å². The van der Waals surface area contributed by atoms with E-state index in [1.54, 1.807) is 23.0 Å². The summed E-state index contributed by atoms with van der Waals surface area (Å²) in [5, 5.41) is 23.5. The van der Waals surface area contributed by atoms with E-state index in [0.29, 0.717) is 33.6 Å². The fourth-order valence-corrected chi connectivity index (χ4v) is 5.35. The Hall–Kier alpha value is -2.80. The molecule has 0 saturated carbocycles. The van der Waals surface area contributed by atoms with Crippen LogP contribution in [0.4, 0.5) is 10.2 Å². The van der Waals surface area contributed by atoms with Crippen LogP contribution >= 0.6 is 11.6 Å². The first-order valence-electron chi connectivity index (χ1n) is 11.7. The van der Waals surface area contributed by atoms with E-state index in [-0.39, 0.29) is 12.3 Å². The second-order valence-corrected chi connectivity index (χ2v) is 9.68. The van der Waals surface area contributed by atoms with Crippen molar-refractivity contribution < 1.29 is 9.50 Å². The highest BCUT2D eigenvalue weighted by molar-refractivity contribution is 6.30. The number of aliphatic hydroxyl groups excluding tert-OH is 1. The quantitative estimate of drug-likeness (QED) is 0.575. The largest absolute Gasteiger partial charge is 0.395 e. The SMILES string of the molecule is C[C@H](c1ccc(Cl)cc1F)n1nc(C#N)c2ncc(N3CC(C4CCCN(CCO)C4)C3)nc21. The van der Waals surface area contributed by atoms with E-state index in [0.717, 1.165) is 38.5 Å². The number of nitrogens with zero attached hydrogens (tertiary/aromatic N) is 7. The van der Waals surface area contributed by atoms with Gasteiger partial charge in [-0.15, -0.1) is 0 Å². The molecule has 4 heterocycles. The average molecular weight is 484 g/mol. The summed E-state index contributed by atoms with van der Waals surface area (Å²) in [5.74, 6) is 1.51. The number of rotatable bonds is 6. The molecule has 178 valence electrons. The minimum Gasteiger partial charge on any atom is -0.395 e. The molecular weight excluding hydrogens is 457 g/mol. The zero-order valence-electron chi connectivity index (χ0n) is 19.0. The van der Waals surface area contributed by atoms with Gasteiger partial charge in [0.05, 0.1) is 18.8 Å². The summed E-state index contributed by atoms with van der Waals surface area (Å²) < 4.78 is 16.2. The molecule has 2 fully saturated rings. The van der Waals surface area contributed by atoms with Gasteiger partial charge in [-0.05, 0) is 50.3 Å². The second kappa shape index (κ2) is 9.45. The molecular formula is C24H27ClFN7O. The third kappa shape index (κ3) is 4.22. The molecule has 3 aromatic rings. The lowest BCUT2D eigenvalue weighted by Crippen LogP contribution is -2.54. The predicted octanol–water partition coefficient (Wildman–Crippen LogP) is 3.24. The Labute approximate surface area is 202 Å². The van der Waals surface area contributed by atoms with Crippen molar-refractivity contribution in [3.63, 3.8) is 0 Å². The van der Waals surface area contributed by atoms with Gasteiger partial charge in [-0.2, -0.15) is 10.4 Å². The van der Waals surface area contributed by atoms with Gasteiger partial charge in [-0.3, -0.25) is 0 Å². The Kier molecular flexibility index (Phi) is 6.38. The number of benzene rings is 1. The van der Waals surface area contributed by atoms with Crippen LogP contribution in [0.15, 0.2) is 24.4 Å². The smallest absolute Gasteiger partial charge is 0.190 e. The Morgan fingerprint density at radius 1 is 1.29 bits per heavy atom. The van der Waals surface area contributed by atoms with Crippen molar-refractivity contribution in [3.8, 4) is 6.07 Å². The topological polar surface area (TPSA) is 94.1 Å². The molecule has 0 spiro atoms. The summed E-state index contributed by atoms with van der Waals surface area (Å²) in [5.41, 5.74) is 1.46. The number of nitriles is 1. The van der Waals surface area contributed by atoms with Gasteiger partial charge in [0.2, 0.25) is 0 Å². The normalized spacial score (nSPS) is 20.3. The number of aromatic nitrogens is 4. The molecule has 2 aliphatic heterocycles. The van der Waals surface area contributed by atoms with Crippen molar-refractivity contribution in [1.29, 1.82) is 5.26 Å². The maximum atomic E-state index is 14.6. The molecule has 0 radical (unpaired) electrons. The predicted molar refractivity (Wildman–Crippen MR) is 127 cm³/mol. The van der Waals surface area contributed by atoms with Crippen LogP contribution in [0.5, 0.6) is 0 Å². The molecule has 1 N–H and O–H groups in total. The number of halogens is 2. The maximum Gasteiger partial charge on any atom is 0.190 e. The van der Waals surface area contributed by atoms with Gasteiger partial charge < -0.3 is 14.9 Å². The second-order valence-electron chi connectivity index (χ2n) is 9.24. The lowest BCUT2D eigenvalue weighted by atomic mass is 9.80. The number of hydrogen-bond acceptors (Lipinski definition) is 7. The zero-order chi connectivity index (χ0) is 23.8. The molecule has 2 aromatic heterocycles. The first kappa shape index (κ1) is 23.0. The highest BCUT2D eigenvalue weighted by atomic mass is 35.5. The van der Waals surface area contributed by atoms with Crippen LogP contribution in [-0.4, -0.2) is 69.1 Å². The summed E-state index contributed by atoms with van der Waals surface area (Å²) in [6, 6.07) is 6.12. The number of hydrogen-bond donors (Lipinski definition) is 1. The fourth-order valence-electron chi connectivity index (χ4n) is 5.19. The number of anilines is 1. The standard InChI is InChI=1S/C24H27ClFN7O/c1-15(19-5-4-18(25)9-20(19)26)33-24-23(21(10-27)30-33)28-11-22(29-24)32-13-17(14-32)16-3-2-6-31(12-16)7-8-34/h4-5,9,11,15-17,34H,2-3,6-8,12-14H2,1H3/t15-,16?/m1/s1. The lowest BCUT2D eigenvalue weighted by molar-refractivity contribution is 0.101. The van der Waals surface area contributed by atoms with E-state index in [1.165, 1.54) is 18.9 Å². The van der Waals surface area contributed by atoms with Crippen LogP contribution in [0.1, 0.15) is 37.1 Å². The van der Waals surface area contributed by atoms with Crippen LogP contribution in [0.3, 0.4) is 0 Å². The molecule has 0 aliphatic carbocycles. The maximum absolute atomic E-state index is 14.6. The number of fused-ring (bicyclic) bond motifs is 1. The Morgan fingerprint density at radius 2 is 2.12 bits per heavy atom. The lowest BCUT2D eigenvalue weighted by Gasteiger charge is -2.47. The Morgan fingerprint density at radius 3 is 2.85 bits per heavy atom. The zero-order valence-corrected chi connectivity index (χ0v) is 19.8. The molecule has 1 aromatic carbocycles. The van der Waals surface area contributed by atoms with Crippen molar-refractivity contribution in [1.82, 2.24) is 24.6 Å². The van der Waals surface area contributed by atoms with Crippen molar-refractivity contribution in [2.24, 2.45) is 11.8 Å². The van der Waals surface area contributed by atoms with Gasteiger partial charge in [-0.25, -0.2) is 19.0 Å². The van der Waals surface area contributed by atoms with E-state index in [2.05, 4.69) is 26.0 Å². The first-order chi connectivity index (χ1) is 16.5. The summed E-state index contributed by atoms with van der Waals surface area (Å²) in [6.45, 7) is 6.66. The monoisotopic (exact) mass is 483 g/mol. The summed E-state index contributed by atoms with van der Waals surface area (Å²) in [7, 11) is 0. The van der Waals surface area contributed by atoms with Crippen LogP contribution < -0.4 is 4.90 Å². The molecule has 0 bridgehead atoms. The van der Waals surface area contributed by atoms with Crippen LogP contribution in [-0.2, 0) is 0 Å². The van der Waals surface area contributed by atoms with Crippen LogP contribution in [0.2, 0.25) is 5.02 Å². The molecule has 5 rings (SSSR count). The van der Waals surface area contributed by atoms with Crippen molar-refractivity contribution >= 4 is 28.6 Å². The molecule has 34 heavy (non-hydrogen) atoms. The fraction of sp³-hybridized carbons (Fsp3) is 0.500. The number of piperidine rings is 1. The van der Waals surface area contributed by atoms with Gasteiger partial charge in [0, 0.05) is 36.8 Å². The number of likely N-dealkylation sites (tertiary alicyclic amines) is 1. The van der Waals surface area contributed by atoms with E-state index in [9.17, 15) is 14.8 Å². The highest BCUT2D eigenvalue weighted by Gasteiger charge is 2.36. The molecule has 10 heteroatoms. The summed E-state index contributed by atoms with van der Waals surface area (Å²) in [6.07, 6.45) is 4.08. The van der Waals surface area contributed by atoms with Gasteiger partial charge in [0.1, 0.15) is 23.2 Å². The minimum absolute atomic E-state index is 0.169. The van der Waals surface area contributed by atoms with Crippen molar-refractivity contribution in [2.45, 2.75) is 25.8 Å². The van der Waals surface area contributed by atoms with Gasteiger partial charge >= 0.3 is 0 Å². The van der Waals surface area contributed by atoms with Crippen molar-refractivity contribution in [3.05, 3.63) is 46.5 Å². The van der Waals surface area contributed by atoms with Crippen LogP contribution in [0, 0.1) is 29.0 Å².